The highest BCUT2D eigenvalue weighted by Gasteiger charge is 2.62. The van der Waals surface area contributed by atoms with Gasteiger partial charge in [0, 0.05) is 18.1 Å². The number of methoxy groups -OCH3 is 1. The van der Waals surface area contributed by atoms with Crippen LogP contribution in [0.1, 0.15) is 91.4 Å². The Hall–Kier alpha value is -1.59. The molecule has 0 heterocycles. The predicted octanol–water partition coefficient (Wildman–Crippen LogP) is 5.26. The molecule has 8 atom stereocenters. The predicted molar refractivity (Wildman–Crippen MR) is 126 cm³/mol. The van der Waals surface area contributed by atoms with E-state index in [1.54, 1.807) is 0 Å². The number of fused-ring (bicyclic) bond motifs is 5. The van der Waals surface area contributed by atoms with Gasteiger partial charge in [-0.25, -0.2) is 10.2 Å². The van der Waals surface area contributed by atoms with E-state index in [2.05, 4.69) is 31.3 Å². The summed E-state index contributed by atoms with van der Waals surface area (Å²) in [6.45, 7) is 7.39. The molecule has 0 radical (unpaired) electrons. The van der Waals surface area contributed by atoms with E-state index in [9.17, 15) is 9.59 Å². The van der Waals surface area contributed by atoms with Gasteiger partial charge >= 0.3 is 12.0 Å². The number of urea groups is 1. The molecule has 0 aromatic heterocycles. The van der Waals surface area contributed by atoms with Gasteiger partial charge in [-0.1, -0.05) is 33.6 Å². The van der Waals surface area contributed by atoms with Crippen molar-refractivity contribution in [3.8, 4) is 0 Å². The normalized spacial score (nSPS) is 43.0. The number of nitrogens with zero attached hydrogens (tertiary/aromatic N) is 1. The van der Waals surface area contributed by atoms with Crippen molar-refractivity contribution in [2.24, 2.45) is 57.2 Å². The monoisotopic (exact) mass is 445 g/mol. The zero-order valence-electron chi connectivity index (χ0n) is 20.5. The molecule has 6 heteroatoms. The lowest BCUT2D eigenvalue weighted by Gasteiger charge is -2.61. The number of carbonyl (C=O) groups excluding carboxylic acids is 2. The molecule has 4 fully saturated rings. The number of nitrogens with one attached hydrogen (secondary N) is 1. The maximum atomic E-state index is 11.7. The number of rotatable bonds is 5. The average Bonchev–Trinajstić information content (AvgIpc) is 3.12. The van der Waals surface area contributed by atoms with Gasteiger partial charge < -0.3 is 10.5 Å². The van der Waals surface area contributed by atoms with Crippen molar-refractivity contribution < 1.29 is 14.3 Å². The largest absolute Gasteiger partial charge is 0.469 e. The molecule has 6 nitrogen and oxygen atoms in total. The summed E-state index contributed by atoms with van der Waals surface area (Å²) in [5, 5.41) is 4.65. The summed E-state index contributed by atoms with van der Waals surface area (Å²) in [5.41, 5.74) is 9.87. The number of primary amides is 1. The van der Waals surface area contributed by atoms with Gasteiger partial charge in [0.2, 0.25) is 0 Å². The number of hydrogen-bond donors (Lipinski definition) is 2. The summed E-state index contributed by atoms with van der Waals surface area (Å²) < 4.78 is 4.89. The van der Waals surface area contributed by atoms with Crippen LogP contribution in [-0.4, -0.2) is 24.8 Å². The zero-order chi connectivity index (χ0) is 23.1. The Morgan fingerprint density at radius 3 is 2.59 bits per heavy atom. The molecule has 180 valence electrons. The van der Waals surface area contributed by atoms with Crippen LogP contribution in [0, 0.1) is 46.3 Å². The second-order valence-corrected chi connectivity index (χ2v) is 11.8. The van der Waals surface area contributed by atoms with Gasteiger partial charge in [-0.2, -0.15) is 5.10 Å². The van der Waals surface area contributed by atoms with E-state index in [1.807, 2.05) is 0 Å². The molecule has 4 aliphatic carbocycles. The van der Waals surface area contributed by atoms with Crippen LogP contribution in [0.2, 0.25) is 0 Å². The molecule has 32 heavy (non-hydrogen) atoms. The minimum Gasteiger partial charge on any atom is -0.469 e. The fourth-order valence-electron chi connectivity index (χ4n) is 8.86. The fourth-order valence-corrected chi connectivity index (χ4v) is 8.86. The minimum atomic E-state index is -0.565. The number of carbonyl (C=O) groups is 2. The lowest BCUT2D eigenvalue weighted by Crippen LogP contribution is -2.56. The summed E-state index contributed by atoms with van der Waals surface area (Å²) in [5.74, 6) is 3.39. The molecule has 3 N–H and O–H groups in total. The molecular weight excluding hydrogens is 402 g/mol. The molecule has 2 amide bonds. The second-order valence-electron chi connectivity index (χ2n) is 11.8. The first kappa shape index (κ1) is 23.6. The van der Waals surface area contributed by atoms with Crippen LogP contribution in [-0.2, 0) is 9.53 Å². The van der Waals surface area contributed by atoms with E-state index in [1.165, 1.54) is 64.2 Å². The lowest BCUT2D eigenvalue weighted by atomic mass is 9.44. The van der Waals surface area contributed by atoms with Gasteiger partial charge in [-0.15, -0.1) is 0 Å². The van der Waals surface area contributed by atoms with E-state index in [0.29, 0.717) is 47.3 Å². The van der Waals surface area contributed by atoms with Crippen molar-refractivity contribution in [1.82, 2.24) is 5.43 Å². The highest BCUT2D eigenvalue weighted by molar-refractivity contribution is 5.90. The smallest absolute Gasteiger partial charge is 0.332 e. The molecule has 4 saturated carbocycles. The second kappa shape index (κ2) is 8.98. The first-order valence-corrected chi connectivity index (χ1v) is 12.9. The molecule has 0 aromatic carbocycles. The van der Waals surface area contributed by atoms with E-state index < -0.39 is 6.03 Å². The SMILES string of the molecule is COC(=O)CC[C@H](C)[C@H]1CCC2C3/C(=N/NC(N)=O)C[C@@H]4CCCC[C@]4(C)C3CC[C@@]21C. The highest BCUT2D eigenvalue weighted by Crippen LogP contribution is 2.67. The van der Waals surface area contributed by atoms with E-state index in [-0.39, 0.29) is 11.4 Å². The van der Waals surface area contributed by atoms with Crippen molar-refractivity contribution in [2.45, 2.75) is 91.4 Å². The Morgan fingerprint density at radius 1 is 1.12 bits per heavy atom. The summed E-state index contributed by atoms with van der Waals surface area (Å²) in [7, 11) is 1.48. The van der Waals surface area contributed by atoms with Crippen LogP contribution in [0.3, 0.4) is 0 Å². The summed E-state index contributed by atoms with van der Waals surface area (Å²) in [4.78, 5) is 23.2. The first-order chi connectivity index (χ1) is 15.2. The van der Waals surface area contributed by atoms with Crippen LogP contribution in [0.15, 0.2) is 5.10 Å². The van der Waals surface area contributed by atoms with Gasteiger partial charge in [-0.05, 0) is 91.8 Å². The number of hydrogen-bond acceptors (Lipinski definition) is 4. The summed E-state index contributed by atoms with van der Waals surface area (Å²) in [6, 6.07) is -0.565. The molecule has 4 aliphatic rings. The van der Waals surface area contributed by atoms with Crippen LogP contribution in [0.4, 0.5) is 4.79 Å². The van der Waals surface area contributed by atoms with Crippen LogP contribution in [0.5, 0.6) is 0 Å². The number of ether oxygens (including phenoxy) is 1. The third-order valence-corrected chi connectivity index (χ3v) is 10.5. The minimum absolute atomic E-state index is 0.101. The molecular formula is C26H43N3O3. The molecule has 0 saturated heterocycles. The van der Waals surface area contributed by atoms with Crippen LogP contribution < -0.4 is 11.2 Å². The maximum absolute atomic E-state index is 11.7. The molecule has 0 spiro atoms. The average molecular weight is 446 g/mol. The Morgan fingerprint density at radius 2 is 1.88 bits per heavy atom. The molecule has 0 bridgehead atoms. The van der Waals surface area contributed by atoms with E-state index >= 15 is 0 Å². The lowest BCUT2D eigenvalue weighted by molar-refractivity contribution is -0.141. The highest BCUT2D eigenvalue weighted by atomic mass is 16.5. The van der Waals surface area contributed by atoms with Crippen molar-refractivity contribution in [1.29, 1.82) is 0 Å². The third kappa shape index (κ3) is 3.96. The van der Waals surface area contributed by atoms with E-state index in [0.717, 1.165) is 12.8 Å². The van der Waals surface area contributed by atoms with Crippen LogP contribution in [0.25, 0.3) is 0 Å². The van der Waals surface area contributed by atoms with E-state index in [4.69, 9.17) is 10.5 Å². The fraction of sp³-hybridized carbons (Fsp3) is 0.885. The van der Waals surface area contributed by atoms with Crippen molar-refractivity contribution in [3.63, 3.8) is 0 Å². The number of esters is 1. The molecule has 0 aliphatic heterocycles. The van der Waals surface area contributed by atoms with Crippen molar-refractivity contribution >= 4 is 17.7 Å². The maximum Gasteiger partial charge on any atom is 0.332 e. The van der Waals surface area contributed by atoms with Gasteiger partial charge in [0.15, 0.2) is 0 Å². The third-order valence-electron chi connectivity index (χ3n) is 10.5. The van der Waals surface area contributed by atoms with Gasteiger partial charge in [0.1, 0.15) is 0 Å². The summed E-state index contributed by atoms with van der Waals surface area (Å²) >= 11 is 0. The molecule has 0 aromatic rings. The van der Waals surface area contributed by atoms with Crippen molar-refractivity contribution in [3.05, 3.63) is 0 Å². The van der Waals surface area contributed by atoms with Gasteiger partial charge in [0.25, 0.3) is 0 Å². The van der Waals surface area contributed by atoms with Gasteiger partial charge in [0.05, 0.1) is 7.11 Å². The van der Waals surface area contributed by atoms with Crippen LogP contribution >= 0.6 is 0 Å². The topological polar surface area (TPSA) is 93.8 Å². The van der Waals surface area contributed by atoms with Gasteiger partial charge in [-0.3, -0.25) is 4.79 Å². The number of nitrogens with two attached hydrogens (primary N) is 1. The van der Waals surface area contributed by atoms with Crippen molar-refractivity contribution in [2.75, 3.05) is 7.11 Å². The first-order valence-electron chi connectivity index (χ1n) is 12.9. The number of hydrazone groups is 1. The molecule has 3 unspecified atom stereocenters. The summed E-state index contributed by atoms with van der Waals surface area (Å²) in [6.07, 6.45) is 12.7. The Bertz CT molecular complexity index is 767. The Labute approximate surface area is 193 Å². The molecule has 4 rings (SSSR count). The Kier molecular flexibility index (Phi) is 6.61. The quantitative estimate of drug-likeness (QED) is 0.446. The Balaban J connectivity index is 1.61. The standard InChI is InChI=1S/C26H43N3O3/c1-16(8-11-22(30)32-4)18-9-10-19-23-20(12-14-26(18,19)3)25(2)13-6-5-7-17(25)15-21(23)28-29-24(27)31/h16-20,23H,5-15H2,1-4H3,(H3,27,29,31)/b28-21+/t16-,17-,18+,19?,20?,23?,25-,26+/m0/s1. The number of amides is 2. The zero-order valence-corrected chi connectivity index (χ0v) is 20.5.